The van der Waals surface area contributed by atoms with Crippen molar-refractivity contribution in [3.8, 4) is 3.58 Å². The zero-order valence-electron chi connectivity index (χ0n) is 2.65. The topological polar surface area (TPSA) is 23.8 Å². The summed E-state index contributed by atoms with van der Waals surface area (Å²) in [6.45, 7) is 0. The van der Waals surface area contributed by atoms with Crippen LogP contribution in [0.15, 0.2) is 0 Å². The molecule has 0 saturated carbocycles. The van der Waals surface area contributed by atoms with Gasteiger partial charge in [0.05, 0.1) is 0 Å². The summed E-state index contributed by atoms with van der Waals surface area (Å²) in [4.78, 5) is 0. The van der Waals surface area contributed by atoms with Gasteiger partial charge in [-0.1, -0.05) is 0 Å². The molecule has 0 heterocycles. The average Bonchev–Trinajstić information content (AvgIpc) is 0.918. The van der Waals surface area contributed by atoms with Gasteiger partial charge in [-0.3, -0.25) is 0 Å². The monoisotopic (exact) mass is 267 g/mol. The first-order valence-corrected chi connectivity index (χ1v) is 3.33. The molecule has 0 radical (unpaired) electrons. The zero-order chi connectivity index (χ0) is 2.71. The Labute approximate surface area is 84.1 Å². The smallest absolute Gasteiger partial charge is 1.00 e. The molecule has 0 aromatic carbocycles. The van der Waals surface area contributed by atoms with E-state index in [1.165, 1.54) is 0 Å². The van der Waals surface area contributed by atoms with E-state index >= 15 is 0 Å². The van der Waals surface area contributed by atoms with Crippen molar-refractivity contribution < 1.29 is 77.5 Å². The van der Waals surface area contributed by atoms with Crippen molar-refractivity contribution >= 4 is 0 Å². The van der Waals surface area contributed by atoms with Gasteiger partial charge in [0.25, 0.3) is 0 Å². The van der Waals surface area contributed by atoms with Gasteiger partial charge in [0.15, 0.2) is 0 Å². The summed E-state index contributed by atoms with van der Waals surface area (Å²) in [7, 11) is 0. The Kier molecular flexibility index (Phi) is 21.0. The average molecular weight is 266 g/mol. The Hall–Kier alpha value is 2.06. The first kappa shape index (κ1) is 9.41. The minimum atomic E-state index is 0. The normalized spacial score (nSPS) is 1.50. The Morgan fingerprint density at radius 2 is 1.75 bits per heavy atom. The molecule has 4 heavy (non-hydrogen) atoms. The van der Waals surface area contributed by atoms with Gasteiger partial charge in [0, 0.05) is 0 Å². The molecular weight excluding hydrogens is 266 g/mol. The molecule has 0 aliphatic heterocycles. The fourth-order valence-electron chi connectivity index (χ4n) is 0. The third kappa shape index (κ3) is 8.96. The predicted octanol–water partition coefficient (Wildman–Crippen LogP) is -2.98. The number of rotatable bonds is 0. The molecule has 0 atom stereocenters. The SMILES string of the molecule is N#[C][Hg-].[K+]. The van der Waals surface area contributed by atoms with E-state index in [0.717, 1.165) is 0 Å². The predicted molar refractivity (Wildman–Crippen MR) is 5.61 cm³/mol. The number of nitrogens with zero attached hydrogens (tertiary/aromatic N) is 1. The molecule has 0 spiro atoms. The van der Waals surface area contributed by atoms with E-state index in [1.807, 2.05) is 3.58 Å². The van der Waals surface area contributed by atoms with Gasteiger partial charge in [-0.25, -0.2) is 0 Å². The van der Waals surface area contributed by atoms with Crippen molar-refractivity contribution in [3.05, 3.63) is 0 Å². The minimum absolute atomic E-state index is 0. The van der Waals surface area contributed by atoms with Crippen LogP contribution in [0.5, 0.6) is 0 Å². The fraction of sp³-hybridized carbons (Fsp3) is 0. The molecule has 0 aromatic rings. The zero-order valence-corrected chi connectivity index (χ0v) is 11.3. The Morgan fingerprint density at radius 3 is 1.75 bits per heavy atom. The Morgan fingerprint density at radius 1 is 1.75 bits per heavy atom. The second-order valence-corrected chi connectivity index (χ2v) is 1.39. The Bertz CT molecular complexity index is 29.5. The summed E-state index contributed by atoms with van der Waals surface area (Å²) in [5.41, 5.74) is 0. The summed E-state index contributed by atoms with van der Waals surface area (Å²) in [5.74, 6) is 0. The van der Waals surface area contributed by atoms with E-state index < -0.39 is 0 Å². The maximum Gasteiger partial charge on any atom is 1.00 e. The quantitative estimate of drug-likeness (QED) is 0.429. The van der Waals surface area contributed by atoms with Crippen LogP contribution in [0.4, 0.5) is 0 Å². The first-order valence-electron chi connectivity index (χ1n) is 0.577. The number of hydrogen-bond acceptors (Lipinski definition) is 1. The second-order valence-electron chi connectivity index (χ2n) is 0.158. The molecule has 0 unspecified atom stereocenters. The molecule has 12 valence electrons. The molecule has 0 aliphatic rings. The molecule has 0 bridgehead atoms. The van der Waals surface area contributed by atoms with Gasteiger partial charge in [-0.05, 0) is 0 Å². The molecule has 0 amide bonds. The molecule has 0 aromatic heterocycles. The van der Waals surface area contributed by atoms with Gasteiger partial charge in [-0.15, -0.1) is 0 Å². The summed E-state index contributed by atoms with van der Waals surface area (Å²) in [5, 5.41) is 7.41. The molecule has 0 aliphatic carbocycles. The molecular formula is CHgKN. The van der Waals surface area contributed by atoms with Crippen molar-refractivity contribution in [2.24, 2.45) is 0 Å². The van der Waals surface area contributed by atoms with Crippen LogP contribution in [0.3, 0.4) is 0 Å². The summed E-state index contributed by atoms with van der Waals surface area (Å²) in [6.07, 6.45) is 0. The van der Waals surface area contributed by atoms with Crippen LogP contribution in [0.1, 0.15) is 0 Å². The van der Waals surface area contributed by atoms with Gasteiger partial charge in [0.1, 0.15) is 0 Å². The molecule has 0 rings (SSSR count). The number of hydrogen-bond donors (Lipinski definition) is 0. The molecule has 0 saturated heterocycles. The van der Waals surface area contributed by atoms with E-state index in [0.29, 0.717) is 26.1 Å². The van der Waals surface area contributed by atoms with Crippen LogP contribution in [0.2, 0.25) is 0 Å². The van der Waals surface area contributed by atoms with Crippen LogP contribution in [0, 0.1) is 8.84 Å². The van der Waals surface area contributed by atoms with Gasteiger partial charge < -0.3 is 0 Å². The van der Waals surface area contributed by atoms with Gasteiger partial charge in [-0.2, -0.15) is 0 Å². The minimum Gasteiger partial charge on any atom is 1.00 e. The van der Waals surface area contributed by atoms with Crippen LogP contribution in [-0.2, 0) is 26.1 Å². The van der Waals surface area contributed by atoms with Crippen molar-refractivity contribution in [2.45, 2.75) is 0 Å². The van der Waals surface area contributed by atoms with Crippen molar-refractivity contribution in [1.29, 1.82) is 5.26 Å². The first-order chi connectivity index (χ1) is 1.41. The number of nitriles is 1. The molecule has 3 heteroatoms. The molecule has 1 nitrogen and oxygen atoms in total. The molecule has 0 N–H and O–H groups in total. The fourth-order valence-corrected chi connectivity index (χ4v) is 0. The van der Waals surface area contributed by atoms with Crippen molar-refractivity contribution in [1.82, 2.24) is 0 Å². The third-order valence-electron chi connectivity index (χ3n) is 0. The Balaban J connectivity index is 0. The van der Waals surface area contributed by atoms with Crippen LogP contribution in [0.25, 0.3) is 0 Å². The van der Waals surface area contributed by atoms with E-state index in [2.05, 4.69) is 0 Å². The van der Waals surface area contributed by atoms with Crippen LogP contribution >= 0.6 is 0 Å². The summed E-state index contributed by atoms with van der Waals surface area (Å²) < 4.78 is 1.94. The maximum absolute atomic E-state index is 7.41. The summed E-state index contributed by atoms with van der Waals surface area (Å²) in [6, 6.07) is 0. The van der Waals surface area contributed by atoms with Crippen LogP contribution in [-0.4, -0.2) is 0 Å². The van der Waals surface area contributed by atoms with E-state index in [1.54, 1.807) is 0 Å². The van der Waals surface area contributed by atoms with E-state index in [-0.39, 0.29) is 51.4 Å². The van der Waals surface area contributed by atoms with E-state index in [4.69, 9.17) is 5.26 Å². The standard InChI is InChI=1S/CN.Hg.K/c1-2;;/q;-1;+1. The van der Waals surface area contributed by atoms with Gasteiger partial charge in [0.2, 0.25) is 0 Å². The third-order valence-corrected chi connectivity index (χ3v) is 0. The summed E-state index contributed by atoms with van der Waals surface area (Å²) >= 11 is 0.372. The van der Waals surface area contributed by atoms with Crippen molar-refractivity contribution in [2.75, 3.05) is 0 Å². The maximum atomic E-state index is 7.41. The largest absolute Gasteiger partial charge is 1.00 e. The van der Waals surface area contributed by atoms with E-state index in [9.17, 15) is 0 Å². The van der Waals surface area contributed by atoms with Crippen molar-refractivity contribution in [3.63, 3.8) is 0 Å². The second kappa shape index (κ2) is 8.91. The molecule has 0 fully saturated rings. The van der Waals surface area contributed by atoms with Gasteiger partial charge >= 0.3 is 86.3 Å². The van der Waals surface area contributed by atoms with Crippen LogP contribution < -0.4 is 51.4 Å².